The number of amides is 1. The molecule has 8 heteroatoms. The summed E-state index contributed by atoms with van der Waals surface area (Å²) in [5, 5.41) is 4.95. The largest absolute Gasteiger partial charge is 0.454 e. The van der Waals surface area contributed by atoms with Gasteiger partial charge in [0.05, 0.1) is 12.1 Å². The minimum Gasteiger partial charge on any atom is -0.454 e. The number of ether oxygens (including phenoxy) is 2. The number of thiazole rings is 1. The summed E-state index contributed by atoms with van der Waals surface area (Å²) in [4.78, 5) is 18.0. The molecule has 0 bridgehead atoms. The average molecular weight is 470 g/mol. The normalized spacial score (nSPS) is 12.4. The highest BCUT2D eigenvalue weighted by Crippen LogP contribution is 2.32. The lowest BCUT2D eigenvalue weighted by Crippen LogP contribution is -2.24. The molecule has 1 aliphatic heterocycles. The van der Waals surface area contributed by atoms with Gasteiger partial charge in [0.15, 0.2) is 16.5 Å². The summed E-state index contributed by atoms with van der Waals surface area (Å²) in [6, 6.07) is 13.7. The Kier molecular flexibility index (Phi) is 4.73. The van der Waals surface area contributed by atoms with Crippen molar-refractivity contribution in [3.63, 3.8) is 0 Å². The maximum atomic E-state index is 12.5. The van der Waals surface area contributed by atoms with Crippen LogP contribution in [0, 0.1) is 0 Å². The number of aromatic nitrogens is 2. The molecule has 146 valence electrons. The molecule has 5 rings (SSSR count). The van der Waals surface area contributed by atoms with Gasteiger partial charge in [0.2, 0.25) is 12.7 Å². The number of halogens is 1. The van der Waals surface area contributed by atoms with Crippen LogP contribution in [0.3, 0.4) is 0 Å². The molecule has 29 heavy (non-hydrogen) atoms. The maximum Gasteiger partial charge on any atom is 0.231 e. The van der Waals surface area contributed by atoms with Crippen LogP contribution in [-0.2, 0) is 17.8 Å². The SMILES string of the molecule is O=C(Cc1csc2nc(-c3cccc(Br)c3)cn12)NCc1ccc2c(c1)OCO2. The molecule has 4 aromatic rings. The van der Waals surface area contributed by atoms with Gasteiger partial charge in [-0.2, -0.15) is 0 Å². The van der Waals surface area contributed by atoms with Crippen molar-refractivity contribution in [2.24, 2.45) is 0 Å². The molecule has 0 saturated carbocycles. The summed E-state index contributed by atoms with van der Waals surface area (Å²) in [6.45, 7) is 0.683. The van der Waals surface area contributed by atoms with E-state index in [1.54, 1.807) is 0 Å². The zero-order valence-corrected chi connectivity index (χ0v) is 17.6. The molecule has 1 N–H and O–H groups in total. The first kappa shape index (κ1) is 18.2. The van der Waals surface area contributed by atoms with Crippen molar-refractivity contribution < 1.29 is 14.3 Å². The summed E-state index contributed by atoms with van der Waals surface area (Å²) in [5.74, 6) is 1.41. The second kappa shape index (κ2) is 7.53. The van der Waals surface area contributed by atoms with Gasteiger partial charge in [-0.15, -0.1) is 11.3 Å². The Bertz CT molecular complexity index is 1220. The average Bonchev–Trinajstić information content (AvgIpc) is 3.43. The van der Waals surface area contributed by atoms with Gasteiger partial charge < -0.3 is 14.8 Å². The maximum absolute atomic E-state index is 12.5. The van der Waals surface area contributed by atoms with E-state index in [1.807, 2.05) is 58.4 Å². The fourth-order valence-electron chi connectivity index (χ4n) is 3.22. The first-order chi connectivity index (χ1) is 14.2. The number of nitrogens with zero attached hydrogens (tertiary/aromatic N) is 2. The van der Waals surface area contributed by atoms with E-state index < -0.39 is 0 Å². The number of fused-ring (bicyclic) bond motifs is 2. The van der Waals surface area contributed by atoms with Gasteiger partial charge >= 0.3 is 0 Å². The molecular weight excluding hydrogens is 454 g/mol. The molecule has 0 atom stereocenters. The van der Waals surface area contributed by atoms with Crippen molar-refractivity contribution in [2.45, 2.75) is 13.0 Å². The topological polar surface area (TPSA) is 64.9 Å². The lowest BCUT2D eigenvalue weighted by atomic mass is 10.2. The molecule has 0 saturated heterocycles. The highest BCUT2D eigenvalue weighted by atomic mass is 79.9. The van der Waals surface area contributed by atoms with Crippen molar-refractivity contribution in [1.82, 2.24) is 14.7 Å². The molecule has 0 aliphatic carbocycles. The van der Waals surface area contributed by atoms with E-state index in [9.17, 15) is 4.79 Å². The summed E-state index contributed by atoms with van der Waals surface area (Å²) in [5.41, 5.74) is 3.81. The second-order valence-electron chi connectivity index (χ2n) is 6.66. The van der Waals surface area contributed by atoms with Gasteiger partial charge in [-0.25, -0.2) is 4.98 Å². The van der Waals surface area contributed by atoms with Crippen molar-refractivity contribution in [1.29, 1.82) is 0 Å². The Balaban J connectivity index is 1.28. The minimum atomic E-state index is -0.0416. The lowest BCUT2D eigenvalue weighted by molar-refractivity contribution is -0.120. The molecule has 3 heterocycles. The number of hydrogen-bond donors (Lipinski definition) is 1. The third kappa shape index (κ3) is 3.73. The van der Waals surface area contributed by atoms with E-state index in [4.69, 9.17) is 9.47 Å². The first-order valence-electron chi connectivity index (χ1n) is 9.02. The van der Waals surface area contributed by atoms with E-state index >= 15 is 0 Å². The van der Waals surface area contributed by atoms with Gasteiger partial charge in [-0.1, -0.05) is 34.1 Å². The van der Waals surface area contributed by atoms with Crippen LogP contribution in [0.2, 0.25) is 0 Å². The number of nitrogens with one attached hydrogen (secondary N) is 1. The van der Waals surface area contributed by atoms with Gasteiger partial charge in [0, 0.05) is 33.9 Å². The fraction of sp³-hybridized carbons (Fsp3) is 0.143. The third-order valence-corrected chi connectivity index (χ3v) is 6.05. The molecule has 2 aromatic carbocycles. The molecule has 2 aromatic heterocycles. The number of imidazole rings is 1. The third-order valence-electron chi connectivity index (χ3n) is 4.67. The zero-order valence-electron chi connectivity index (χ0n) is 15.2. The molecule has 6 nitrogen and oxygen atoms in total. The van der Waals surface area contributed by atoms with E-state index in [2.05, 4.69) is 26.2 Å². The Morgan fingerprint density at radius 2 is 2.10 bits per heavy atom. The first-order valence-corrected chi connectivity index (χ1v) is 10.7. The van der Waals surface area contributed by atoms with Crippen LogP contribution in [0.1, 0.15) is 11.3 Å². The van der Waals surface area contributed by atoms with Crippen LogP contribution >= 0.6 is 27.3 Å². The van der Waals surface area contributed by atoms with Gasteiger partial charge in [-0.3, -0.25) is 9.20 Å². The fourth-order valence-corrected chi connectivity index (χ4v) is 4.49. The monoisotopic (exact) mass is 469 g/mol. The number of benzene rings is 2. The Labute approximate surface area is 179 Å². The van der Waals surface area contributed by atoms with Crippen LogP contribution in [0.5, 0.6) is 11.5 Å². The Morgan fingerprint density at radius 1 is 1.21 bits per heavy atom. The molecule has 0 fully saturated rings. The molecule has 0 spiro atoms. The molecule has 1 amide bonds. The van der Waals surface area contributed by atoms with Gasteiger partial charge in [0.25, 0.3) is 0 Å². The number of carbonyl (C=O) groups is 1. The standard InChI is InChI=1S/C21H16BrN3O3S/c22-15-3-1-2-14(7-15)17-10-25-16(11-29-21(25)24-17)8-20(26)23-9-13-4-5-18-19(6-13)28-12-27-18/h1-7,10-11H,8-9,12H2,(H,23,26). The van der Waals surface area contributed by atoms with Crippen LogP contribution in [0.4, 0.5) is 0 Å². The molecule has 0 unspecified atom stereocenters. The quantitative estimate of drug-likeness (QED) is 0.469. The van der Waals surface area contributed by atoms with Crippen LogP contribution in [-0.4, -0.2) is 22.1 Å². The van der Waals surface area contributed by atoms with Gasteiger partial charge in [-0.05, 0) is 29.8 Å². The van der Waals surface area contributed by atoms with Crippen molar-refractivity contribution >= 4 is 38.1 Å². The van der Waals surface area contributed by atoms with Crippen LogP contribution < -0.4 is 14.8 Å². The zero-order chi connectivity index (χ0) is 19.8. The van der Waals surface area contributed by atoms with Crippen LogP contribution in [0.15, 0.2) is 58.5 Å². The summed E-state index contributed by atoms with van der Waals surface area (Å²) in [6.07, 6.45) is 2.27. The highest BCUT2D eigenvalue weighted by Gasteiger charge is 2.15. The molecule has 1 aliphatic rings. The van der Waals surface area contributed by atoms with Crippen LogP contribution in [0.25, 0.3) is 16.2 Å². The molecule has 0 radical (unpaired) electrons. The predicted octanol–water partition coefficient (Wildman–Crippen LogP) is 4.41. The highest BCUT2D eigenvalue weighted by molar-refractivity contribution is 9.10. The number of carbonyl (C=O) groups excluding carboxylic acids is 1. The van der Waals surface area contributed by atoms with Crippen molar-refractivity contribution in [3.05, 3.63) is 69.8 Å². The van der Waals surface area contributed by atoms with Gasteiger partial charge in [0.1, 0.15) is 0 Å². The Hall–Kier alpha value is -2.84. The number of rotatable bonds is 5. The number of hydrogen-bond acceptors (Lipinski definition) is 5. The van der Waals surface area contributed by atoms with Crippen molar-refractivity contribution in [3.8, 4) is 22.8 Å². The van der Waals surface area contributed by atoms with E-state index in [-0.39, 0.29) is 12.7 Å². The predicted molar refractivity (Wildman–Crippen MR) is 114 cm³/mol. The van der Waals surface area contributed by atoms with E-state index in [0.29, 0.717) is 13.0 Å². The molecular formula is C21H16BrN3O3S. The summed E-state index contributed by atoms with van der Waals surface area (Å²) in [7, 11) is 0. The Morgan fingerprint density at radius 3 is 3.00 bits per heavy atom. The summed E-state index contributed by atoms with van der Waals surface area (Å²) >= 11 is 5.03. The lowest BCUT2D eigenvalue weighted by Gasteiger charge is -2.06. The smallest absolute Gasteiger partial charge is 0.231 e. The van der Waals surface area contributed by atoms with E-state index in [0.717, 1.165) is 43.4 Å². The van der Waals surface area contributed by atoms with E-state index in [1.165, 1.54) is 11.3 Å². The summed E-state index contributed by atoms with van der Waals surface area (Å²) < 4.78 is 13.7. The second-order valence-corrected chi connectivity index (χ2v) is 8.41. The van der Waals surface area contributed by atoms with Crippen molar-refractivity contribution in [2.75, 3.05) is 6.79 Å². The minimum absolute atomic E-state index is 0.0416.